The third-order valence-corrected chi connectivity index (χ3v) is 2.58. The van der Waals surface area contributed by atoms with E-state index < -0.39 is 0 Å². The molecule has 0 saturated heterocycles. The monoisotopic (exact) mass is 204 g/mol. The summed E-state index contributed by atoms with van der Waals surface area (Å²) in [6, 6.07) is 0.275. The molecular weight excluding hydrogens is 184 g/mol. The van der Waals surface area contributed by atoms with Gasteiger partial charge in [-0.05, 0) is 26.0 Å². The Morgan fingerprint density at radius 1 is 1.54 bits per heavy atom. The van der Waals surface area contributed by atoms with Crippen molar-refractivity contribution in [3.05, 3.63) is 0 Å². The standard InChI is InChI=1S/C9H20N2OS/c1-3-11-9(12)5-7-13-6-4-8(2)10/h8H,3-7,10H2,1-2H3,(H,11,12). The average Bonchev–Trinajstić information content (AvgIpc) is 2.03. The summed E-state index contributed by atoms with van der Waals surface area (Å²) < 4.78 is 0. The molecule has 1 atom stereocenters. The molecule has 0 aliphatic carbocycles. The van der Waals surface area contributed by atoms with Gasteiger partial charge in [-0.25, -0.2) is 0 Å². The Balaban J connectivity index is 3.11. The molecule has 0 aliphatic heterocycles. The van der Waals surface area contributed by atoms with Gasteiger partial charge in [0.1, 0.15) is 0 Å². The SMILES string of the molecule is CCNC(=O)CCSCCC(C)N. The number of hydrogen-bond acceptors (Lipinski definition) is 3. The Kier molecular flexibility index (Phi) is 8.24. The lowest BCUT2D eigenvalue weighted by molar-refractivity contribution is -0.120. The molecule has 3 N–H and O–H groups in total. The van der Waals surface area contributed by atoms with Crippen LogP contribution in [0.4, 0.5) is 0 Å². The van der Waals surface area contributed by atoms with Crippen molar-refractivity contribution in [1.82, 2.24) is 5.32 Å². The van der Waals surface area contributed by atoms with Crippen molar-refractivity contribution in [2.45, 2.75) is 32.7 Å². The van der Waals surface area contributed by atoms with E-state index in [-0.39, 0.29) is 11.9 Å². The summed E-state index contributed by atoms with van der Waals surface area (Å²) in [5, 5.41) is 2.77. The van der Waals surface area contributed by atoms with Crippen molar-refractivity contribution in [1.29, 1.82) is 0 Å². The molecule has 1 unspecified atom stereocenters. The molecular formula is C9H20N2OS. The summed E-state index contributed by atoms with van der Waals surface area (Å²) in [4.78, 5) is 11.0. The molecule has 0 spiro atoms. The van der Waals surface area contributed by atoms with Crippen LogP contribution in [0.15, 0.2) is 0 Å². The Morgan fingerprint density at radius 2 is 2.23 bits per heavy atom. The van der Waals surface area contributed by atoms with E-state index >= 15 is 0 Å². The number of amides is 1. The van der Waals surface area contributed by atoms with Gasteiger partial charge in [0, 0.05) is 24.8 Å². The normalized spacial score (nSPS) is 12.5. The highest BCUT2D eigenvalue weighted by molar-refractivity contribution is 7.99. The lowest BCUT2D eigenvalue weighted by atomic mass is 10.3. The molecule has 0 aliphatic rings. The Bertz CT molecular complexity index is 140. The summed E-state index contributed by atoms with van der Waals surface area (Å²) in [6.07, 6.45) is 1.65. The van der Waals surface area contributed by atoms with Crippen LogP contribution < -0.4 is 11.1 Å². The van der Waals surface area contributed by atoms with Gasteiger partial charge in [-0.15, -0.1) is 0 Å². The van der Waals surface area contributed by atoms with Crippen LogP contribution in [-0.4, -0.2) is 30.0 Å². The molecule has 13 heavy (non-hydrogen) atoms. The van der Waals surface area contributed by atoms with Gasteiger partial charge in [0.15, 0.2) is 0 Å². The summed E-state index contributed by atoms with van der Waals surface area (Å²) in [7, 11) is 0. The van der Waals surface area contributed by atoms with E-state index in [1.165, 1.54) is 0 Å². The fraction of sp³-hybridized carbons (Fsp3) is 0.889. The molecule has 0 bridgehead atoms. The maximum absolute atomic E-state index is 11.0. The number of nitrogens with two attached hydrogens (primary N) is 1. The van der Waals surface area contributed by atoms with Gasteiger partial charge in [-0.3, -0.25) is 4.79 Å². The summed E-state index contributed by atoms with van der Waals surface area (Å²) >= 11 is 1.79. The van der Waals surface area contributed by atoms with E-state index in [4.69, 9.17) is 5.73 Å². The van der Waals surface area contributed by atoms with Gasteiger partial charge in [-0.2, -0.15) is 11.8 Å². The molecule has 78 valence electrons. The van der Waals surface area contributed by atoms with E-state index in [9.17, 15) is 4.79 Å². The smallest absolute Gasteiger partial charge is 0.220 e. The Morgan fingerprint density at radius 3 is 2.77 bits per heavy atom. The first kappa shape index (κ1) is 12.8. The highest BCUT2D eigenvalue weighted by atomic mass is 32.2. The topological polar surface area (TPSA) is 55.1 Å². The number of hydrogen-bond donors (Lipinski definition) is 2. The fourth-order valence-electron chi connectivity index (χ4n) is 0.822. The molecule has 0 rings (SSSR count). The van der Waals surface area contributed by atoms with Crippen molar-refractivity contribution >= 4 is 17.7 Å². The molecule has 3 nitrogen and oxygen atoms in total. The minimum atomic E-state index is 0.149. The van der Waals surface area contributed by atoms with Crippen LogP contribution in [-0.2, 0) is 4.79 Å². The van der Waals surface area contributed by atoms with Gasteiger partial charge in [0.25, 0.3) is 0 Å². The van der Waals surface area contributed by atoms with E-state index in [0.717, 1.165) is 24.5 Å². The average molecular weight is 204 g/mol. The van der Waals surface area contributed by atoms with Crippen LogP contribution in [0.2, 0.25) is 0 Å². The first-order valence-electron chi connectivity index (χ1n) is 4.76. The lowest BCUT2D eigenvalue weighted by Crippen LogP contribution is -2.23. The van der Waals surface area contributed by atoms with Crippen molar-refractivity contribution in [3.63, 3.8) is 0 Å². The van der Waals surface area contributed by atoms with Gasteiger partial charge < -0.3 is 11.1 Å². The van der Waals surface area contributed by atoms with E-state index in [1.807, 2.05) is 13.8 Å². The zero-order valence-electron chi connectivity index (χ0n) is 8.51. The third-order valence-electron chi connectivity index (χ3n) is 1.56. The molecule has 0 saturated carbocycles. The Labute approximate surface area is 84.8 Å². The van der Waals surface area contributed by atoms with Crippen LogP contribution in [0.25, 0.3) is 0 Å². The van der Waals surface area contributed by atoms with Crippen LogP contribution in [0, 0.1) is 0 Å². The molecule has 1 amide bonds. The fourth-order valence-corrected chi connectivity index (χ4v) is 1.89. The van der Waals surface area contributed by atoms with Crippen molar-refractivity contribution in [2.75, 3.05) is 18.1 Å². The van der Waals surface area contributed by atoms with E-state index in [0.29, 0.717) is 6.42 Å². The first-order chi connectivity index (χ1) is 6.16. The first-order valence-corrected chi connectivity index (χ1v) is 5.92. The summed E-state index contributed by atoms with van der Waals surface area (Å²) in [6.45, 7) is 4.66. The predicted molar refractivity (Wildman–Crippen MR) is 58.9 cm³/mol. The highest BCUT2D eigenvalue weighted by Gasteiger charge is 1.99. The van der Waals surface area contributed by atoms with Gasteiger partial charge >= 0.3 is 0 Å². The van der Waals surface area contributed by atoms with Gasteiger partial charge in [0.05, 0.1) is 0 Å². The van der Waals surface area contributed by atoms with Gasteiger partial charge in [0.2, 0.25) is 5.91 Å². The van der Waals surface area contributed by atoms with Crippen LogP contribution >= 0.6 is 11.8 Å². The molecule has 0 aromatic carbocycles. The quantitative estimate of drug-likeness (QED) is 0.608. The number of carbonyl (C=O) groups is 1. The largest absolute Gasteiger partial charge is 0.356 e. The predicted octanol–water partition coefficient (Wildman–Crippen LogP) is 0.983. The van der Waals surface area contributed by atoms with Gasteiger partial charge in [-0.1, -0.05) is 0 Å². The number of carbonyl (C=O) groups excluding carboxylic acids is 1. The zero-order valence-corrected chi connectivity index (χ0v) is 9.32. The highest BCUT2D eigenvalue weighted by Crippen LogP contribution is 2.05. The second-order valence-electron chi connectivity index (χ2n) is 3.08. The van der Waals surface area contributed by atoms with E-state index in [2.05, 4.69) is 5.32 Å². The van der Waals surface area contributed by atoms with E-state index in [1.54, 1.807) is 11.8 Å². The molecule has 0 fully saturated rings. The second-order valence-corrected chi connectivity index (χ2v) is 4.31. The van der Waals surface area contributed by atoms with Crippen molar-refractivity contribution < 1.29 is 4.79 Å². The molecule has 0 aromatic rings. The van der Waals surface area contributed by atoms with Crippen molar-refractivity contribution in [3.8, 4) is 0 Å². The minimum absolute atomic E-state index is 0.149. The zero-order chi connectivity index (χ0) is 10.1. The third kappa shape index (κ3) is 9.70. The maximum Gasteiger partial charge on any atom is 0.220 e. The number of nitrogens with one attached hydrogen (secondary N) is 1. The molecule has 4 heteroatoms. The molecule has 0 aromatic heterocycles. The van der Waals surface area contributed by atoms with Crippen LogP contribution in [0.1, 0.15) is 26.7 Å². The molecule has 0 radical (unpaired) electrons. The van der Waals surface area contributed by atoms with Crippen molar-refractivity contribution in [2.24, 2.45) is 5.73 Å². The number of rotatable bonds is 7. The second kappa shape index (κ2) is 8.38. The summed E-state index contributed by atoms with van der Waals surface area (Å²) in [5.41, 5.74) is 5.59. The lowest BCUT2D eigenvalue weighted by Gasteiger charge is -2.04. The molecule has 0 heterocycles. The number of thioether (sulfide) groups is 1. The van der Waals surface area contributed by atoms with Crippen LogP contribution in [0.5, 0.6) is 0 Å². The summed E-state index contributed by atoms with van der Waals surface area (Å²) in [5.74, 6) is 2.10. The maximum atomic E-state index is 11.0. The minimum Gasteiger partial charge on any atom is -0.356 e. The van der Waals surface area contributed by atoms with Crippen LogP contribution in [0.3, 0.4) is 0 Å². The Hall–Kier alpha value is -0.220.